The number of aliphatic hydroxyl groups excluding tert-OH is 1. The Morgan fingerprint density at radius 2 is 1.67 bits per heavy atom. The highest BCUT2D eigenvalue weighted by Crippen LogP contribution is 2.34. The zero-order chi connectivity index (χ0) is 9.99. The van der Waals surface area contributed by atoms with Crippen LogP contribution in [0.1, 0.15) is 6.42 Å². The zero-order valence-electron chi connectivity index (χ0n) is 6.97. The predicted molar refractivity (Wildman–Crippen MR) is 50.1 cm³/mol. The minimum absolute atomic E-state index is 0.0925. The smallest absolute Gasteiger partial charge is 0.329 e. The Hall–Kier alpha value is 0.750. The summed E-state index contributed by atoms with van der Waals surface area (Å²) in [6.07, 6.45) is -1.17. The normalized spacial score (nSPS) is 14.0. The van der Waals surface area contributed by atoms with E-state index in [9.17, 15) is 0 Å². The van der Waals surface area contributed by atoms with E-state index >= 15 is 0 Å². The van der Waals surface area contributed by atoms with Crippen molar-refractivity contribution < 1.29 is 14.7 Å². The van der Waals surface area contributed by atoms with Crippen LogP contribution in [0.5, 0.6) is 0 Å². The largest absolute Gasteiger partial charge is 0.368 e. The standard InChI is InChI=1S/C6H13Cl3NO2/c1-10(2,6(7,8)9)4-3-5(11)12/h5,11-12H,3-4H2,1-2H3/q+1. The Kier molecular flexibility index (Phi) is 4.58. The molecule has 0 aromatic heterocycles. The number of nitrogens with zero attached hydrogens (tertiary/aromatic N) is 1. The molecule has 0 rings (SSSR count). The highest BCUT2D eigenvalue weighted by Gasteiger charge is 2.40. The van der Waals surface area contributed by atoms with Gasteiger partial charge in [0.2, 0.25) is 0 Å². The van der Waals surface area contributed by atoms with Gasteiger partial charge >= 0.3 is 3.92 Å². The number of hydrogen-bond donors (Lipinski definition) is 2. The van der Waals surface area contributed by atoms with Gasteiger partial charge in [-0.05, 0) is 34.8 Å². The van der Waals surface area contributed by atoms with Crippen LogP contribution in [0.4, 0.5) is 0 Å². The van der Waals surface area contributed by atoms with Gasteiger partial charge in [0, 0.05) is 6.42 Å². The van der Waals surface area contributed by atoms with Crippen LogP contribution in [0.15, 0.2) is 0 Å². The van der Waals surface area contributed by atoms with Gasteiger partial charge in [-0.15, -0.1) is 0 Å². The summed E-state index contributed by atoms with van der Waals surface area (Å²) < 4.78 is -1.34. The molecule has 0 aromatic carbocycles. The molecule has 0 unspecified atom stereocenters. The minimum atomic E-state index is -1.44. The molecule has 0 fully saturated rings. The first-order chi connectivity index (χ1) is 5.17. The first-order valence-electron chi connectivity index (χ1n) is 3.43. The molecular weight excluding hydrogens is 224 g/mol. The van der Waals surface area contributed by atoms with E-state index in [2.05, 4.69) is 0 Å². The van der Waals surface area contributed by atoms with Crippen molar-refractivity contribution in [2.45, 2.75) is 16.6 Å². The number of alkyl halides is 3. The van der Waals surface area contributed by atoms with Crippen LogP contribution in [0.2, 0.25) is 0 Å². The van der Waals surface area contributed by atoms with Crippen LogP contribution in [0, 0.1) is 0 Å². The molecule has 2 N–H and O–H groups in total. The maximum Gasteiger partial charge on any atom is 0.329 e. The maximum absolute atomic E-state index is 8.60. The number of halogens is 3. The van der Waals surface area contributed by atoms with E-state index < -0.39 is 10.2 Å². The fourth-order valence-electron chi connectivity index (χ4n) is 0.565. The van der Waals surface area contributed by atoms with Gasteiger partial charge in [-0.1, -0.05) is 0 Å². The number of quaternary nitrogens is 1. The van der Waals surface area contributed by atoms with Gasteiger partial charge in [-0.3, -0.25) is 4.48 Å². The van der Waals surface area contributed by atoms with Gasteiger partial charge in [0.15, 0.2) is 6.29 Å². The second kappa shape index (κ2) is 4.31. The van der Waals surface area contributed by atoms with Crippen molar-refractivity contribution in [3.8, 4) is 0 Å². The summed E-state index contributed by atoms with van der Waals surface area (Å²) in [5.41, 5.74) is 0. The highest BCUT2D eigenvalue weighted by molar-refractivity contribution is 6.66. The van der Waals surface area contributed by atoms with E-state index in [-0.39, 0.29) is 10.9 Å². The molecule has 0 aliphatic heterocycles. The molecule has 74 valence electrons. The summed E-state index contributed by atoms with van der Waals surface area (Å²) in [6.45, 7) is 0.383. The summed E-state index contributed by atoms with van der Waals surface area (Å²) >= 11 is 16.9. The zero-order valence-corrected chi connectivity index (χ0v) is 9.23. The second-order valence-electron chi connectivity index (χ2n) is 3.15. The van der Waals surface area contributed by atoms with E-state index in [4.69, 9.17) is 45.0 Å². The molecule has 0 bridgehead atoms. The van der Waals surface area contributed by atoms with Crippen molar-refractivity contribution in [2.75, 3.05) is 20.6 Å². The fourth-order valence-corrected chi connectivity index (χ4v) is 0.819. The first kappa shape index (κ1) is 12.8. The average Bonchev–Trinajstić information content (AvgIpc) is 1.81. The SMILES string of the molecule is C[N+](C)(CCC(O)O)C(Cl)(Cl)Cl. The van der Waals surface area contributed by atoms with Gasteiger partial charge in [-0.2, -0.15) is 0 Å². The van der Waals surface area contributed by atoms with E-state index in [1.807, 2.05) is 0 Å². The van der Waals surface area contributed by atoms with E-state index in [0.29, 0.717) is 6.54 Å². The number of rotatable bonds is 3. The Balaban J connectivity index is 4.05. The van der Waals surface area contributed by atoms with Gasteiger partial charge in [0.1, 0.15) is 0 Å². The van der Waals surface area contributed by atoms with Crippen LogP contribution in [-0.4, -0.2) is 45.5 Å². The van der Waals surface area contributed by atoms with Crippen molar-refractivity contribution in [1.82, 2.24) is 0 Å². The summed E-state index contributed by atoms with van der Waals surface area (Å²) in [6, 6.07) is 0. The van der Waals surface area contributed by atoms with Crippen molar-refractivity contribution in [3.05, 3.63) is 0 Å². The molecule has 0 aliphatic rings. The fraction of sp³-hybridized carbons (Fsp3) is 1.00. The Bertz CT molecular complexity index is 144. The van der Waals surface area contributed by atoms with Gasteiger partial charge < -0.3 is 10.2 Å². The lowest BCUT2D eigenvalue weighted by atomic mass is 10.3. The van der Waals surface area contributed by atoms with Crippen molar-refractivity contribution in [2.24, 2.45) is 0 Å². The topological polar surface area (TPSA) is 40.5 Å². The van der Waals surface area contributed by atoms with E-state index in [1.165, 1.54) is 0 Å². The molecule has 0 saturated heterocycles. The molecule has 6 heteroatoms. The van der Waals surface area contributed by atoms with Crippen LogP contribution in [-0.2, 0) is 0 Å². The molecule has 0 atom stereocenters. The Morgan fingerprint density at radius 1 is 1.25 bits per heavy atom. The number of hydrogen-bond acceptors (Lipinski definition) is 2. The van der Waals surface area contributed by atoms with Gasteiger partial charge in [0.05, 0.1) is 20.6 Å². The van der Waals surface area contributed by atoms with Crippen LogP contribution < -0.4 is 0 Å². The monoisotopic (exact) mass is 236 g/mol. The highest BCUT2D eigenvalue weighted by atomic mass is 35.6. The molecular formula is C6H13Cl3NO2+. The molecule has 0 saturated carbocycles. The Labute approximate surface area is 87.0 Å². The molecule has 0 amide bonds. The third-order valence-corrected chi connectivity index (χ3v) is 3.01. The molecule has 0 aliphatic carbocycles. The molecule has 12 heavy (non-hydrogen) atoms. The van der Waals surface area contributed by atoms with E-state index in [0.717, 1.165) is 0 Å². The number of aliphatic hydroxyl groups is 2. The quantitative estimate of drug-likeness (QED) is 0.334. The molecule has 0 aromatic rings. The lowest BCUT2D eigenvalue weighted by molar-refractivity contribution is -0.901. The summed E-state index contributed by atoms with van der Waals surface area (Å²) in [5, 5.41) is 17.2. The third-order valence-electron chi connectivity index (χ3n) is 1.63. The van der Waals surface area contributed by atoms with Gasteiger partial charge in [0.25, 0.3) is 0 Å². The van der Waals surface area contributed by atoms with E-state index in [1.54, 1.807) is 14.1 Å². The lowest BCUT2D eigenvalue weighted by Crippen LogP contribution is -2.50. The average molecular weight is 238 g/mol. The van der Waals surface area contributed by atoms with Crippen LogP contribution in [0.25, 0.3) is 0 Å². The summed E-state index contributed by atoms with van der Waals surface area (Å²) in [7, 11) is 3.41. The molecule has 0 radical (unpaired) electrons. The molecule has 3 nitrogen and oxygen atoms in total. The summed E-state index contributed by atoms with van der Waals surface area (Å²) in [5.74, 6) is 0. The Morgan fingerprint density at radius 3 is 1.92 bits per heavy atom. The summed E-state index contributed by atoms with van der Waals surface area (Å²) in [4.78, 5) is 0. The van der Waals surface area contributed by atoms with Crippen molar-refractivity contribution in [3.63, 3.8) is 0 Å². The third kappa shape index (κ3) is 4.12. The van der Waals surface area contributed by atoms with Crippen LogP contribution >= 0.6 is 34.8 Å². The van der Waals surface area contributed by atoms with Gasteiger partial charge in [-0.25, -0.2) is 0 Å². The lowest BCUT2D eigenvalue weighted by Gasteiger charge is -2.35. The predicted octanol–water partition coefficient (Wildman–Crippen LogP) is 1.09. The van der Waals surface area contributed by atoms with Crippen molar-refractivity contribution >= 4 is 34.8 Å². The molecule has 0 heterocycles. The maximum atomic E-state index is 8.60. The van der Waals surface area contributed by atoms with Crippen molar-refractivity contribution in [1.29, 1.82) is 0 Å². The van der Waals surface area contributed by atoms with Crippen LogP contribution in [0.3, 0.4) is 0 Å². The minimum Gasteiger partial charge on any atom is -0.368 e. The molecule has 0 spiro atoms. The first-order valence-corrected chi connectivity index (χ1v) is 4.56. The second-order valence-corrected chi connectivity index (χ2v) is 5.37.